The summed E-state index contributed by atoms with van der Waals surface area (Å²) in [4.78, 5) is 2.11. The van der Waals surface area contributed by atoms with Gasteiger partial charge in [0, 0.05) is 13.1 Å². The van der Waals surface area contributed by atoms with Crippen LogP contribution in [0.1, 0.15) is 16.7 Å². The number of rotatable bonds is 1. The summed E-state index contributed by atoms with van der Waals surface area (Å²) >= 11 is 0. The number of fused-ring (bicyclic) bond motifs is 1. The van der Waals surface area contributed by atoms with E-state index in [1.165, 1.54) is 12.1 Å². The maximum Gasteiger partial charge on any atom is 0.127 e. The van der Waals surface area contributed by atoms with Crippen molar-refractivity contribution >= 4 is 12.4 Å². The highest BCUT2D eigenvalue weighted by molar-refractivity contribution is 5.85. The summed E-state index contributed by atoms with van der Waals surface area (Å²) in [6, 6.07) is 14.1. The highest BCUT2D eigenvalue weighted by Crippen LogP contribution is 2.35. The van der Waals surface area contributed by atoms with Gasteiger partial charge in [0.15, 0.2) is 0 Å². The molecule has 1 aliphatic heterocycles. The second-order valence-corrected chi connectivity index (χ2v) is 5.51. The number of β-amino-alcohol motifs (C(OH)–C–C–N with tert-alkyl or cyclic N) is 1. The van der Waals surface area contributed by atoms with Crippen LogP contribution < -0.4 is 0 Å². The minimum absolute atomic E-state index is 0. The minimum Gasteiger partial charge on any atom is -0.379 e. The second kappa shape index (κ2) is 6.14. The molecule has 112 valence electrons. The molecule has 0 saturated heterocycles. The zero-order valence-electron chi connectivity index (χ0n) is 11.9. The van der Waals surface area contributed by atoms with Crippen LogP contribution in [0.4, 0.5) is 4.39 Å². The first-order valence-electron chi connectivity index (χ1n) is 6.85. The fraction of sp³-hybridized carbons (Fsp3) is 0.294. The van der Waals surface area contributed by atoms with E-state index in [9.17, 15) is 9.50 Å². The molecular weight excluding hydrogens is 289 g/mol. The largest absolute Gasteiger partial charge is 0.379 e. The van der Waals surface area contributed by atoms with Gasteiger partial charge in [0.1, 0.15) is 11.4 Å². The lowest BCUT2D eigenvalue weighted by molar-refractivity contribution is 0.0491. The molecule has 0 radical (unpaired) electrons. The third-order valence-electron chi connectivity index (χ3n) is 4.05. The zero-order valence-corrected chi connectivity index (χ0v) is 12.7. The van der Waals surface area contributed by atoms with Crippen LogP contribution >= 0.6 is 12.4 Å². The minimum atomic E-state index is -1.09. The summed E-state index contributed by atoms with van der Waals surface area (Å²) in [5.41, 5.74) is 1.73. The smallest absolute Gasteiger partial charge is 0.127 e. The molecule has 2 nitrogen and oxygen atoms in total. The topological polar surface area (TPSA) is 23.5 Å². The van der Waals surface area contributed by atoms with Crippen LogP contribution in [0, 0.1) is 5.82 Å². The Balaban J connectivity index is 0.00000161. The molecule has 4 heteroatoms. The van der Waals surface area contributed by atoms with E-state index < -0.39 is 5.60 Å². The molecule has 2 aromatic rings. The maximum absolute atomic E-state index is 13.1. The molecule has 0 spiro atoms. The van der Waals surface area contributed by atoms with Gasteiger partial charge in [-0.2, -0.15) is 0 Å². The first-order chi connectivity index (χ1) is 9.59. The van der Waals surface area contributed by atoms with E-state index in [4.69, 9.17) is 0 Å². The summed E-state index contributed by atoms with van der Waals surface area (Å²) in [6.07, 6.45) is 0.913. The SMILES string of the molecule is CN1CCc2ccccc2C(O)(c2ccc(F)cc2)C1.Cl. The van der Waals surface area contributed by atoms with E-state index in [2.05, 4.69) is 11.0 Å². The van der Waals surface area contributed by atoms with Gasteiger partial charge in [0.05, 0.1) is 0 Å². The van der Waals surface area contributed by atoms with Crippen LogP contribution in [-0.2, 0) is 12.0 Å². The predicted octanol–water partition coefficient (Wildman–Crippen LogP) is 2.97. The average Bonchev–Trinajstić information content (AvgIpc) is 2.58. The zero-order chi connectivity index (χ0) is 14.2. The normalized spacial score (nSPS) is 22.0. The Morgan fingerprint density at radius 2 is 1.76 bits per heavy atom. The van der Waals surface area contributed by atoms with Gasteiger partial charge in [-0.25, -0.2) is 4.39 Å². The Kier molecular flexibility index (Phi) is 4.67. The lowest BCUT2D eigenvalue weighted by Gasteiger charge is -2.32. The van der Waals surface area contributed by atoms with Gasteiger partial charge in [-0.3, -0.25) is 0 Å². The van der Waals surface area contributed by atoms with Crippen molar-refractivity contribution in [3.8, 4) is 0 Å². The number of aliphatic hydroxyl groups is 1. The van der Waals surface area contributed by atoms with Crippen LogP contribution in [0.2, 0.25) is 0 Å². The average molecular weight is 308 g/mol. The van der Waals surface area contributed by atoms with Crippen molar-refractivity contribution in [2.24, 2.45) is 0 Å². The lowest BCUT2D eigenvalue weighted by Crippen LogP contribution is -2.39. The van der Waals surface area contributed by atoms with Crippen molar-refractivity contribution in [2.75, 3.05) is 20.1 Å². The van der Waals surface area contributed by atoms with Crippen LogP contribution in [-0.4, -0.2) is 30.1 Å². The van der Waals surface area contributed by atoms with Crippen LogP contribution in [0.3, 0.4) is 0 Å². The van der Waals surface area contributed by atoms with Crippen molar-refractivity contribution in [2.45, 2.75) is 12.0 Å². The quantitative estimate of drug-likeness (QED) is 0.875. The van der Waals surface area contributed by atoms with E-state index in [1.54, 1.807) is 12.1 Å². The van der Waals surface area contributed by atoms with Gasteiger partial charge >= 0.3 is 0 Å². The van der Waals surface area contributed by atoms with Crippen LogP contribution in [0.25, 0.3) is 0 Å². The molecular formula is C17H19ClFNO. The van der Waals surface area contributed by atoms with E-state index in [0.29, 0.717) is 6.54 Å². The first kappa shape index (κ1) is 16.0. The van der Waals surface area contributed by atoms with Gasteiger partial charge in [0.25, 0.3) is 0 Å². The molecule has 0 fully saturated rings. The van der Waals surface area contributed by atoms with Gasteiger partial charge < -0.3 is 10.0 Å². The molecule has 0 bridgehead atoms. The maximum atomic E-state index is 13.1. The highest BCUT2D eigenvalue weighted by Gasteiger charge is 2.36. The molecule has 1 atom stereocenters. The second-order valence-electron chi connectivity index (χ2n) is 5.51. The summed E-state index contributed by atoms with van der Waals surface area (Å²) in [6.45, 7) is 1.41. The molecule has 1 unspecified atom stereocenters. The number of halogens is 2. The van der Waals surface area contributed by atoms with E-state index in [1.807, 2.05) is 25.2 Å². The van der Waals surface area contributed by atoms with Gasteiger partial charge in [-0.15, -0.1) is 12.4 Å². The molecule has 1 heterocycles. The Bertz CT molecular complexity index is 616. The van der Waals surface area contributed by atoms with Crippen molar-refractivity contribution < 1.29 is 9.50 Å². The monoisotopic (exact) mass is 307 g/mol. The summed E-state index contributed by atoms with van der Waals surface area (Å²) in [5.74, 6) is -0.285. The summed E-state index contributed by atoms with van der Waals surface area (Å²) in [5, 5.41) is 11.3. The number of likely N-dealkylation sites (N-methyl/N-ethyl adjacent to an activating group) is 1. The third-order valence-corrected chi connectivity index (χ3v) is 4.05. The van der Waals surface area contributed by atoms with Crippen molar-refractivity contribution in [3.63, 3.8) is 0 Å². The Morgan fingerprint density at radius 1 is 1.10 bits per heavy atom. The van der Waals surface area contributed by atoms with Crippen molar-refractivity contribution in [1.29, 1.82) is 0 Å². The Labute approximate surface area is 130 Å². The Hall–Kier alpha value is -1.42. The standard InChI is InChI=1S/C17H18FNO.ClH/c1-19-11-10-13-4-2-3-5-16(13)17(20,12-19)14-6-8-15(18)9-7-14;/h2-9,20H,10-12H2,1H3;1H. The molecule has 3 rings (SSSR count). The molecule has 21 heavy (non-hydrogen) atoms. The summed E-state index contributed by atoms with van der Waals surface area (Å²) < 4.78 is 13.1. The molecule has 1 N–H and O–H groups in total. The van der Waals surface area contributed by atoms with Crippen molar-refractivity contribution in [1.82, 2.24) is 4.90 Å². The number of hydrogen-bond acceptors (Lipinski definition) is 2. The van der Waals surface area contributed by atoms with Crippen LogP contribution in [0.15, 0.2) is 48.5 Å². The van der Waals surface area contributed by atoms with Gasteiger partial charge in [0.2, 0.25) is 0 Å². The first-order valence-corrected chi connectivity index (χ1v) is 6.85. The van der Waals surface area contributed by atoms with E-state index in [0.717, 1.165) is 29.7 Å². The van der Waals surface area contributed by atoms with E-state index in [-0.39, 0.29) is 18.2 Å². The van der Waals surface area contributed by atoms with Crippen molar-refractivity contribution in [3.05, 3.63) is 71.0 Å². The molecule has 1 aliphatic rings. The third kappa shape index (κ3) is 2.95. The van der Waals surface area contributed by atoms with Gasteiger partial charge in [-0.1, -0.05) is 36.4 Å². The molecule has 2 aromatic carbocycles. The molecule has 0 aliphatic carbocycles. The fourth-order valence-electron chi connectivity index (χ4n) is 2.98. The van der Waals surface area contributed by atoms with E-state index >= 15 is 0 Å². The lowest BCUT2D eigenvalue weighted by atomic mass is 9.83. The highest BCUT2D eigenvalue weighted by atomic mass is 35.5. The molecule has 0 saturated carbocycles. The van der Waals surface area contributed by atoms with Crippen LogP contribution in [0.5, 0.6) is 0 Å². The number of benzene rings is 2. The molecule has 0 amide bonds. The summed E-state index contributed by atoms with van der Waals surface area (Å²) in [7, 11) is 2.00. The Morgan fingerprint density at radius 3 is 2.48 bits per heavy atom. The number of hydrogen-bond donors (Lipinski definition) is 1. The number of nitrogens with zero attached hydrogens (tertiary/aromatic N) is 1. The van der Waals surface area contributed by atoms with Gasteiger partial charge in [-0.05, 0) is 42.3 Å². The molecule has 0 aromatic heterocycles. The predicted molar refractivity (Wildman–Crippen MR) is 84.3 cm³/mol. The fourth-order valence-corrected chi connectivity index (χ4v) is 2.98.